The zero-order valence-electron chi connectivity index (χ0n) is 5.85. The van der Waals surface area contributed by atoms with Crippen LogP contribution in [-0.4, -0.2) is 11.2 Å². The zero-order chi connectivity index (χ0) is 5.70. The summed E-state index contributed by atoms with van der Waals surface area (Å²) in [5.41, 5.74) is 0. The number of hydrogen-bond acceptors (Lipinski definition) is 1. The average Bonchev–Trinajstić information content (AvgIpc) is 1.61. The number of aliphatic hydroxyl groups excluding tert-OH is 1. The van der Waals surface area contributed by atoms with Crippen molar-refractivity contribution in [1.29, 1.82) is 0 Å². The Hall–Kier alpha value is -1.04. The Morgan fingerprint density at radius 2 is 2.00 bits per heavy atom. The van der Waals surface area contributed by atoms with Crippen LogP contribution in [0.4, 0.5) is 0 Å². The molecule has 1 atom stereocenters. The summed E-state index contributed by atoms with van der Waals surface area (Å²) in [6.45, 7) is 3.96. The van der Waals surface area contributed by atoms with E-state index in [2.05, 4.69) is 6.92 Å². The van der Waals surface area contributed by atoms with E-state index in [0.29, 0.717) is 0 Å². The van der Waals surface area contributed by atoms with Gasteiger partial charge in [0.05, 0.1) is 6.10 Å². The van der Waals surface area contributed by atoms with Gasteiger partial charge in [-0.2, -0.15) is 0 Å². The Kier molecular flexibility index (Phi) is 7.49. The van der Waals surface area contributed by atoms with Crippen LogP contribution in [0, 0.1) is 0 Å². The molecule has 0 rings (SSSR count). The Morgan fingerprint density at radius 3 is 2.12 bits per heavy atom. The summed E-state index contributed by atoms with van der Waals surface area (Å²) in [6.07, 6.45) is 3.19. The van der Waals surface area contributed by atoms with Gasteiger partial charge >= 0.3 is 0 Å². The van der Waals surface area contributed by atoms with Gasteiger partial charge in [-0.25, -0.2) is 0 Å². The number of rotatable bonds is 3. The summed E-state index contributed by atoms with van der Waals surface area (Å²) in [5, 5.41) is 8.68. The third kappa shape index (κ3) is 8.88. The topological polar surface area (TPSA) is 20.2 Å². The van der Waals surface area contributed by atoms with E-state index in [1.807, 2.05) is 6.92 Å². The van der Waals surface area contributed by atoms with Crippen molar-refractivity contribution in [2.24, 2.45) is 0 Å². The predicted octanol–water partition coefficient (Wildman–Crippen LogP) is 1.56. The first-order valence-corrected chi connectivity index (χ1v) is 2.95. The van der Waals surface area contributed by atoms with Gasteiger partial charge in [-0.1, -0.05) is 19.8 Å². The molecule has 0 saturated heterocycles. The van der Waals surface area contributed by atoms with Crippen molar-refractivity contribution in [2.75, 3.05) is 0 Å². The third-order valence-electron chi connectivity index (χ3n) is 0.975. The van der Waals surface area contributed by atoms with Crippen molar-refractivity contribution in [2.45, 2.75) is 39.2 Å². The fourth-order valence-electron chi connectivity index (χ4n) is 0.500. The van der Waals surface area contributed by atoms with Gasteiger partial charge in [0, 0.05) is 0 Å². The second-order valence-electron chi connectivity index (χ2n) is 1.99. The van der Waals surface area contributed by atoms with Gasteiger partial charge in [-0.15, -0.1) is 0 Å². The largest absolute Gasteiger partial charge is 0.393 e. The molecule has 8 heavy (non-hydrogen) atoms. The number of hydrogen-bond donors (Lipinski definition) is 1. The van der Waals surface area contributed by atoms with Crippen LogP contribution in [0.5, 0.6) is 0 Å². The molecule has 0 aromatic rings. The van der Waals surface area contributed by atoms with Crippen molar-refractivity contribution in [3.8, 4) is 0 Å². The van der Waals surface area contributed by atoms with E-state index >= 15 is 0 Å². The smallest absolute Gasteiger partial charge is 0.0512 e. The quantitative estimate of drug-likeness (QED) is 0.801. The molecular weight excluding hydrogens is 355 g/mol. The van der Waals surface area contributed by atoms with Gasteiger partial charge in [0.1, 0.15) is 0 Å². The maximum absolute atomic E-state index is 8.68. The van der Waals surface area contributed by atoms with Crippen LogP contribution in [0.3, 0.4) is 0 Å². The van der Waals surface area contributed by atoms with E-state index in [0.717, 1.165) is 12.8 Å². The molecule has 0 spiro atoms. The molecule has 0 heterocycles. The van der Waals surface area contributed by atoms with Crippen LogP contribution in [0.2, 0.25) is 0 Å². The van der Waals surface area contributed by atoms with Crippen LogP contribution < -0.4 is 0 Å². The normalized spacial score (nSPS) is 12.4. The van der Waals surface area contributed by atoms with Gasteiger partial charge in [0.15, 0.2) is 0 Å². The second kappa shape index (κ2) is 5.96. The van der Waals surface area contributed by atoms with E-state index in [1.54, 1.807) is 0 Å². The van der Waals surface area contributed by atoms with Crippen LogP contribution >= 0.6 is 0 Å². The van der Waals surface area contributed by atoms with Crippen LogP contribution in [0.1, 0.15) is 33.1 Å². The van der Waals surface area contributed by atoms with E-state index in [-0.39, 0.29) is 6.10 Å². The molecule has 0 amide bonds. The van der Waals surface area contributed by atoms with E-state index in [1.165, 1.54) is 6.42 Å². The van der Waals surface area contributed by atoms with Gasteiger partial charge in [0.2, 0.25) is 0 Å². The molecule has 0 fully saturated rings. The maximum Gasteiger partial charge on any atom is 0.0512 e. The Bertz CT molecular complexity index is 37.5. The van der Waals surface area contributed by atoms with Gasteiger partial charge in [-0.3, -0.25) is 0 Å². The summed E-state index contributed by atoms with van der Waals surface area (Å²) >= 11 is 0. The number of unbranched alkanes of at least 4 members (excludes halogenated alkanes) is 1. The molecular formula is C6H14ORf. The van der Waals surface area contributed by atoms with Gasteiger partial charge < -0.3 is 5.11 Å². The second-order valence-corrected chi connectivity index (χ2v) is 1.99. The molecule has 0 bridgehead atoms. The standard InChI is InChI=1S/C6H14O.Rf/c1-3-4-5-6(2)7;/h6-7H,3-5H2,1-2H3;. The fraction of sp³-hybridized carbons (Fsp3) is 1.00. The monoisotopic (exact) mass is 369 g/mol. The molecule has 1 N–H and O–H groups in total. The molecule has 2 heteroatoms. The molecule has 0 aliphatic carbocycles. The SMILES string of the molecule is CCCCC(C)O.[Rf]. The molecule has 1 unspecified atom stereocenters. The summed E-state index contributed by atoms with van der Waals surface area (Å²) in [6, 6.07) is 0. The Balaban J connectivity index is 0. The van der Waals surface area contributed by atoms with Crippen molar-refractivity contribution in [1.82, 2.24) is 0 Å². The molecule has 0 aromatic heterocycles. The van der Waals surface area contributed by atoms with Crippen molar-refractivity contribution < 1.29 is 5.11 Å². The van der Waals surface area contributed by atoms with Gasteiger partial charge in [0.25, 0.3) is 0 Å². The maximum atomic E-state index is 8.68. The molecule has 0 radical (unpaired) electrons. The molecule has 1 nitrogen and oxygen atoms in total. The first-order chi connectivity index (χ1) is 3.27. The molecule has 0 aromatic carbocycles. The third-order valence-corrected chi connectivity index (χ3v) is 0.975. The first-order valence-electron chi connectivity index (χ1n) is 2.95. The van der Waals surface area contributed by atoms with E-state index < -0.39 is 0 Å². The zero-order valence-corrected chi connectivity index (χ0v) is 12.3. The van der Waals surface area contributed by atoms with Crippen LogP contribution in [-0.2, 0) is 0 Å². The van der Waals surface area contributed by atoms with Crippen molar-refractivity contribution in [3.63, 3.8) is 0 Å². The minimum Gasteiger partial charge on any atom is -0.393 e. The van der Waals surface area contributed by atoms with Crippen molar-refractivity contribution >= 4 is 0 Å². The predicted molar refractivity (Wildman–Crippen MR) is 31.2 cm³/mol. The molecule has 0 saturated carbocycles. The summed E-state index contributed by atoms with van der Waals surface area (Å²) in [5.74, 6) is 0. The van der Waals surface area contributed by atoms with E-state index in [9.17, 15) is 0 Å². The minimum atomic E-state index is -0.0973. The molecule has 46 valence electrons. The van der Waals surface area contributed by atoms with Crippen LogP contribution in [0.15, 0.2) is 0 Å². The van der Waals surface area contributed by atoms with Crippen molar-refractivity contribution in [3.05, 3.63) is 0 Å². The first kappa shape index (κ1) is 10.0. The fourth-order valence-corrected chi connectivity index (χ4v) is 0.500. The summed E-state index contributed by atoms with van der Waals surface area (Å²) in [4.78, 5) is 0. The molecule has 0 aliphatic rings. The van der Waals surface area contributed by atoms with Crippen LogP contribution in [0.25, 0.3) is 0 Å². The molecule has 0 aliphatic heterocycles. The Morgan fingerprint density at radius 1 is 1.50 bits per heavy atom. The minimum absolute atomic E-state index is 0. The number of aliphatic hydroxyl groups is 1. The van der Waals surface area contributed by atoms with E-state index in [4.69, 9.17) is 5.11 Å². The summed E-state index contributed by atoms with van der Waals surface area (Å²) in [7, 11) is 0. The summed E-state index contributed by atoms with van der Waals surface area (Å²) < 4.78 is 0. The van der Waals surface area contributed by atoms with Gasteiger partial charge in [-0.05, 0) is 13.3 Å². The Labute approximate surface area is 45.4 Å². The average molecular weight is 369 g/mol.